The molecule has 0 aliphatic carbocycles. The summed E-state index contributed by atoms with van der Waals surface area (Å²) in [6, 6.07) is 4.96. The Hall–Kier alpha value is -0.793. The monoisotopic (exact) mass is 461 g/mol. The van der Waals surface area contributed by atoms with Crippen molar-refractivity contribution in [2.24, 2.45) is 0 Å². The predicted octanol–water partition coefficient (Wildman–Crippen LogP) is 6.34. The Balaban J connectivity index is 2.43. The summed E-state index contributed by atoms with van der Waals surface area (Å²) in [5.41, 5.74) is -0.405. The second-order valence-electron chi connectivity index (χ2n) is 9.53. The minimum absolute atomic E-state index is 0.0133. The zero-order valence-electron chi connectivity index (χ0n) is 18.1. The van der Waals surface area contributed by atoms with Crippen LogP contribution in [0.4, 0.5) is 4.79 Å². The van der Waals surface area contributed by atoms with E-state index in [4.69, 9.17) is 27.6 Å². The molecule has 2 rings (SSSR count). The van der Waals surface area contributed by atoms with Gasteiger partial charge in [0.05, 0.1) is 21.7 Å². The lowest BCUT2D eigenvalue weighted by atomic mass is 9.81. The molecule has 1 saturated heterocycles. The lowest BCUT2D eigenvalue weighted by Gasteiger charge is -2.41. The Morgan fingerprint density at radius 1 is 1.34 bits per heavy atom. The van der Waals surface area contributed by atoms with Gasteiger partial charge in [0.25, 0.3) is 0 Å². The summed E-state index contributed by atoms with van der Waals surface area (Å²) in [5, 5.41) is 22.1. The number of benzene rings is 1. The number of hydrogen-bond donors (Lipinski definition) is 2. The van der Waals surface area contributed by atoms with Crippen LogP contribution in [0.15, 0.2) is 18.2 Å². The van der Waals surface area contributed by atoms with E-state index in [0.29, 0.717) is 28.5 Å². The normalized spacial score (nSPS) is 24.0. The molecule has 0 radical (unpaired) electrons. The molecule has 1 aromatic carbocycles. The maximum Gasteiger partial charge on any atom is 0.407 e. The molecule has 0 bridgehead atoms. The molecule has 164 valence electrons. The van der Waals surface area contributed by atoms with Crippen molar-refractivity contribution in [3.05, 3.63) is 33.8 Å². The maximum atomic E-state index is 12.2. The number of carboxylic acid groups (broad SMARTS) is 1. The molecule has 1 aliphatic heterocycles. The molecule has 1 aliphatic rings. The molecule has 3 atom stereocenters. The van der Waals surface area contributed by atoms with Gasteiger partial charge in [0.15, 0.2) is 8.32 Å². The van der Waals surface area contributed by atoms with Gasteiger partial charge in [-0.05, 0) is 42.2 Å². The molecule has 1 unspecified atom stereocenters. The molecule has 0 aromatic heterocycles. The van der Waals surface area contributed by atoms with Gasteiger partial charge in [0, 0.05) is 13.0 Å². The number of aliphatic hydroxyl groups excluding tert-OH is 1. The summed E-state index contributed by atoms with van der Waals surface area (Å²) in [6.45, 7) is 13.0. The van der Waals surface area contributed by atoms with Crippen molar-refractivity contribution in [1.82, 2.24) is 4.90 Å². The van der Waals surface area contributed by atoms with Gasteiger partial charge in [0.2, 0.25) is 0 Å². The molecule has 29 heavy (non-hydrogen) atoms. The van der Waals surface area contributed by atoms with Crippen LogP contribution in [0.5, 0.6) is 0 Å². The van der Waals surface area contributed by atoms with Crippen LogP contribution < -0.4 is 0 Å². The Kier molecular flexibility index (Phi) is 7.39. The number of aliphatic hydroxyl groups is 1. The molecule has 1 fully saturated rings. The summed E-state index contributed by atoms with van der Waals surface area (Å²) in [5.74, 6) is 0. The molecular weight excluding hydrogens is 429 g/mol. The molecule has 1 heterocycles. The van der Waals surface area contributed by atoms with Gasteiger partial charge < -0.3 is 14.6 Å². The first kappa shape index (κ1) is 24.5. The molecule has 0 saturated carbocycles. The number of halogens is 2. The van der Waals surface area contributed by atoms with Crippen LogP contribution in [0.1, 0.15) is 58.6 Å². The lowest BCUT2D eigenvalue weighted by molar-refractivity contribution is -0.00896. The van der Waals surface area contributed by atoms with Crippen molar-refractivity contribution in [2.75, 3.05) is 6.54 Å². The number of nitrogens with zero attached hydrogens (tertiary/aromatic N) is 1. The largest absolute Gasteiger partial charge is 0.465 e. The van der Waals surface area contributed by atoms with Gasteiger partial charge in [-0.3, -0.25) is 4.90 Å². The van der Waals surface area contributed by atoms with Crippen LogP contribution in [0.3, 0.4) is 0 Å². The van der Waals surface area contributed by atoms with Crippen LogP contribution in [0.2, 0.25) is 28.2 Å². The van der Waals surface area contributed by atoms with Crippen molar-refractivity contribution in [3.63, 3.8) is 0 Å². The van der Waals surface area contributed by atoms with E-state index in [1.54, 1.807) is 18.2 Å². The molecule has 1 amide bonds. The van der Waals surface area contributed by atoms with E-state index >= 15 is 0 Å². The molecule has 5 nitrogen and oxygen atoms in total. The molecule has 2 N–H and O–H groups in total. The highest BCUT2D eigenvalue weighted by molar-refractivity contribution is 6.74. The third-order valence-electron chi connectivity index (χ3n) is 6.45. The van der Waals surface area contributed by atoms with E-state index in [1.165, 1.54) is 4.90 Å². The Morgan fingerprint density at radius 3 is 2.45 bits per heavy atom. The maximum absolute atomic E-state index is 12.2. The summed E-state index contributed by atoms with van der Waals surface area (Å²) >= 11 is 12.2. The van der Waals surface area contributed by atoms with Gasteiger partial charge in [-0.15, -0.1) is 0 Å². The second kappa shape index (κ2) is 8.75. The van der Waals surface area contributed by atoms with Gasteiger partial charge in [0.1, 0.15) is 6.10 Å². The second-order valence-corrected chi connectivity index (χ2v) is 15.1. The Labute approximate surface area is 185 Å². The van der Waals surface area contributed by atoms with Crippen LogP contribution in [-0.2, 0) is 4.43 Å². The van der Waals surface area contributed by atoms with E-state index in [-0.39, 0.29) is 17.7 Å². The fraction of sp³-hybridized carbons (Fsp3) is 0.667. The number of hydrogen-bond acceptors (Lipinski definition) is 3. The summed E-state index contributed by atoms with van der Waals surface area (Å²) in [4.78, 5) is 13.6. The van der Waals surface area contributed by atoms with Gasteiger partial charge >= 0.3 is 6.09 Å². The van der Waals surface area contributed by atoms with E-state index in [9.17, 15) is 15.0 Å². The highest BCUT2D eigenvalue weighted by atomic mass is 35.5. The third-order valence-corrected chi connectivity index (χ3v) is 11.7. The van der Waals surface area contributed by atoms with Crippen LogP contribution in [0.25, 0.3) is 0 Å². The quantitative estimate of drug-likeness (QED) is 0.484. The first-order valence-electron chi connectivity index (χ1n) is 10.1. The molecular formula is C21H33Cl2NO4Si. The summed E-state index contributed by atoms with van der Waals surface area (Å²) in [6.07, 6.45) is -0.620. The van der Waals surface area contributed by atoms with E-state index in [0.717, 1.165) is 6.42 Å². The lowest BCUT2D eigenvalue weighted by Crippen LogP contribution is -2.51. The standard InChI is InChI=1S/C21H33Cl2NO4Si/c1-7-10-21(18(25)14-8-9-16(22)17(23)11-14)12-15(13-24(21)19(26)27)28-29(5,6)20(2,3)4/h8-9,11,15,18,25H,7,10,12-13H2,1-6H3,(H,26,27)/t15-,18?,21-/m1/s1. The molecule has 0 spiro atoms. The van der Waals surface area contributed by atoms with Crippen LogP contribution in [-0.4, -0.2) is 47.7 Å². The van der Waals surface area contributed by atoms with Gasteiger partial charge in [-0.25, -0.2) is 4.79 Å². The molecule has 1 aromatic rings. The van der Waals surface area contributed by atoms with Gasteiger partial charge in [-0.2, -0.15) is 0 Å². The van der Waals surface area contributed by atoms with E-state index in [2.05, 4.69) is 33.9 Å². The first-order chi connectivity index (χ1) is 13.2. The van der Waals surface area contributed by atoms with Crippen molar-refractivity contribution < 1.29 is 19.4 Å². The van der Waals surface area contributed by atoms with Crippen molar-refractivity contribution >= 4 is 37.6 Å². The number of carbonyl (C=O) groups is 1. The fourth-order valence-electron chi connectivity index (χ4n) is 3.95. The highest BCUT2D eigenvalue weighted by Crippen LogP contribution is 2.47. The smallest absolute Gasteiger partial charge is 0.407 e. The fourth-order valence-corrected chi connectivity index (χ4v) is 5.61. The topological polar surface area (TPSA) is 70.0 Å². The van der Waals surface area contributed by atoms with Crippen LogP contribution in [0, 0.1) is 0 Å². The SMILES string of the molecule is CCC[C@]1(C(O)c2ccc(Cl)c(Cl)c2)C[C@@H](O[Si](C)(C)C(C)(C)C)CN1C(=O)O. The van der Waals surface area contributed by atoms with E-state index in [1.807, 2.05) is 6.92 Å². The zero-order chi connectivity index (χ0) is 22.2. The average molecular weight is 462 g/mol. The number of amides is 1. The van der Waals surface area contributed by atoms with Crippen LogP contribution >= 0.6 is 23.2 Å². The Bertz CT molecular complexity index is 753. The first-order valence-corrected chi connectivity index (χ1v) is 13.7. The highest BCUT2D eigenvalue weighted by Gasteiger charge is 2.54. The minimum atomic E-state index is -2.09. The van der Waals surface area contributed by atoms with Gasteiger partial charge in [-0.1, -0.05) is 63.4 Å². The van der Waals surface area contributed by atoms with Crippen molar-refractivity contribution in [2.45, 2.75) is 82.8 Å². The number of likely N-dealkylation sites (tertiary alicyclic amines) is 1. The number of rotatable bonds is 6. The Morgan fingerprint density at radius 2 is 1.97 bits per heavy atom. The average Bonchev–Trinajstić information content (AvgIpc) is 2.95. The summed E-state index contributed by atoms with van der Waals surface area (Å²) in [7, 11) is -2.09. The van der Waals surface area contributed by atoms with Crippen molar-refractivity contribution in [1.29, 1.82) is 0 Å². The van der Waals surface area contributed by atoms with E-state index < -0.39 is 26.1 Å². The minimum Gasteiger partial charge on any atom is -0.465 e. The van der Waals surface area contributed by atoms with Crippen molar-refractivity contribution in [3.8, 4) is 0 Å². The molecule has 8 heteroatoms. The summed E-state index contributed by atoms with van der Waals surface area (Å²) < 4.78 is 6.55. The predicted molar refractivity (Wildman–Crippen MR) is 120 cm³/mol. The zero-order valence-corrected chi connectivity index (χ0v) is 20.6. The third kappa shape index (κ3) is 4.93.